The standard InChI is InChI=1S/C18H13NO/c1-19-15-9-5-8-13-16(20)11-10-14(17(13)15)18(19)12-6-3-2-4-7-12/h2-11H,1H3. The van der Waals surface area contributed by atoms with Gasteiger partial charge in [0, 0.05) is 29.1 Å². The molecule has 0 saturated carbocycles. The zero-order valence-corrected chi connectivity index (χ0v) is 11.1. The highest BCUT2D eigenvalue weighted by atomic mass is 16.1. The summed E-state index contributed by atoms with van der Waals surface area (Å²) in [5.41, 5.74) is 5.39. The van der Waals surface area contributed by atoms with Gasteiger partial charge < -0.3 is 4.57 Å². The topological polar surface area (TPSA) is 22.0 Å². The predicted molar refractivity (Wildman–Crippen MR) is 81.7 cm³/mol. The zero-order valence-electron chi connectivity index (χ0n) is 11.1. The van der Waals surface area contributed by atoms with Crippen molar-refractivity contribution in [1.29, 1.82) is 0 Å². The van der Waals surface area contributed by atoms with E-state index in [4.69, 9.17) is 0 Å². The molecule has 0 N–H and O–H groups in total. The first-order chi connectivity index (χ1) is 9.77. The Morgan fingerprint density at radius 3 is 2.50 bits per heavy atom. The van der Waals surface area contributed by atoms with E-state index in [1.807, 2.05) is 36.4 Å². The molecule has 0 unspecified atom stereocenters. The van der Waals surface area contributed by atoms with Crippen LogP contribution in [0.25, 0.3) is 28.2 Å². The van der Waals surface area contributed by atoms with E-state index >= 15 is 0 Å². The fourth-order valence-corrected chi connectivity index (χ4v) is 3.08. The molecule has 3 aromatic rings. The van der Waals surface area contributed by atoms with Crippen LogP contribution in [0.4, 0.5) is 0 Å². The minimum Gasteiger partial charge on any atom is -0.343 e. The van der Waals surface area contributed by atoms with Crippen LogP contribution in [0.15, 0.2) is 54.6 Å². The Bertz CT molecular complexity index is 869. The van der Waals surface area contributed by atoms with Crippen molar-refractivity contribution >= 4 is 22.8 Å². The first-order valence-corrected chi connectivity index (χ1v) is 6.66. The van der Waals surface area contributed by atoms with E-state index in [1.54, 1.807) is 6.08 Å². The van der Waals surface area contributed by atoms with E-state index in [-0.39, 0.29) is 5.78 Å². The van der Waals surface area contributed by atoms with Gasteiger partial charge in [-0.25, -0.2) is 0 Å². The van der Waals surface area contributed by atoms with Gasteiger partial charge >= 0.3 is 0 Å². The molecular formula is C18H13NO. The van der Waals surface area contributed by atoms with E-state index in [0.29, 0.717) is 0 Å². The molecule has 0 aliphatic heterocycles. The molecule has 96 valence electrons. The number of ketones is 1. The number of benzene rings is 2. The molecule has 1 aliphatic rings. The van der Waals surface area contributed by atoms with Crippen LogP contribution in [0, 0.1) is 0 Å². The second-order valence-corrected chi connectivity index (χ2v) is 5.08. The summed E-state index contributed by atoms with van der Waals surface area (Å²) in [6.07, 6.45) is 3.61. The van der Waals surface area contributed by atoms with Crippen molar-refractivity contribution in [2.45, 2.75) is 0 Å². The lowest BCUT2D eigenvalue weighted by Crippen LogP contribution is -1.99. The van der Waals surface area contributed by atoms with E-state index in [0.717, 1.165) is 27.7 Å². The van der Waals surface area contributed by atoms with E-state index in [2.05, 4.69) is 29.8 Å². The summed E-state index contributed by atoms with van der Waals surface area (Å²) in [6, 6.07) is 16.2. The van der Waals surface area contributed by atoms with Crippen molar-refractivity contribution in [3.63, 3.8) is 0 Å². The Morgan fingerprint density at radius 1 is 0.900 bits per heavy atom. The first kappa shape index (κ1) is 11.2. The summed E-state index contributed by atoms with van der Waals surface area (Å²) in [5, 5.41) is 1.07. The van der Waals surface area contributed by atoms with E-state index in [9.17, 15) is 4.79 Å². The lowest BCUT2D eigenvalue weighted by atomic mass is 9.95. The average Bonchev–Trinajstić information content (AvgIpc) is 2.78. The fraction of sp³-hybridized carbons (Fsp3) is 0.0556. The third-order valence-electron chi connectivity index (χ3n) is 3.98. The van der Waals surface area contributed by atoms with E-state index in [1.165, 1.54) is 5.56 Å². The number of rotatable bonds is 1. The van der Waals surface area contributed by atoms with Crippen molar-refractivity contribution in [2.24, 2.45) is 7.05 Å². The van der Waals surface area contributed by atoms with Gasteiger partial charge in [0.15, 0.2) is 5.78 Å². The molecule has 20 heavy (non-hydrogen) atoms. The SMILES string of the molecule is Cn1c(-c2ccccc2)c2c3c(cccc31)C(=O)C=C2. The molecule has 1 aliphatic carbocycles. The summed E-state index contributed by atoms with van der Waals surface area (Å²) in [4.78, 5) is 12.0. The van der Waals surface area contributed by atoms with Gasteiger partial charge in [-0.15, -0.1) is 0 Å². The van der Waals surface area contributed by atoms with Crippen molar-refractivity contribution < 1.29 is 4.79 Å². The first-order valence-electron chi connectivity index (χ1n) is 6.66. The number of aryl methyl sites for hydroxylation is 1. The highest BCUT2D eigenvalue weighted by Gasteiger charge is 2.22. The Balaban J connectivity index is 2.18. The van der Waals surface area contributed by atoms with Crippen LogP contribution in [0.5, 0.6) is 0 Å². The zero-order chi connectivity index (χ0) is 13.7. The third kappa shape index (κ3) is 1.36. The van der Waals surface area contributed by atoms with Crippen LogP contribution < -0.4 is 0 Å². The smallest absolute Gasteiger partial charge is 0.186 e. The molecule has 0 amide bonds. The summed E-state index contributed by atoms with van der Waals surface area (Å²) < 4.78 is 2.17. The summed E-state index contributed by atoms with van der Waals surface area (Å²) in [5.74, 6) is 0.0910. The summed E-state index contributed by atoms with van der Waals surface area (Å²) in [6.45, 7) is 0. The summed E-state index contributed by atoms with van der Waals surface area (Å²) in [7, 11) is 2.06. The fourth-order valence-electron chi connectivity index (χ4n) is 3.08. The number of nitrogens with zero attached hydrogens (tertiary/aromatic N) is 1. The van der Waals surface area contributed by atoms with Gasteiger partial charge in [0.05, 0.1) is 5.69 Å². The molecule has 0 atom stereocenters. The molecule has 2 nitrogen and oxygen atoms in total. The molecule has 1 heterocycles. The number of hydrogen-bond acceptors (Lipinski definition) is 1. The minimum atomic E-state index is 0.0910. The largest absolute Gasteiger partial charge is 0.343 e. The van der Waals surface area contributed by atoms with Gasteiger partial charge in [0.2, 0.25) is 0 Å². The van der Waals surface area contributed by atoms with Crippen LogP contribution in [-0.2, 0) is 7.05 Å². The monoisotopic (exact) mass is 259 g/mol. The van der Waals surface area contributed by atoms with Gasteiger partial charge in [-0.05, 0) is 23.8 Å². The molecular weight excluding hydrogens is 246 g/mol. The Kier molecular flexibility index (Phi) is 2.21. The molecule has 0 bridgehead atoms. The molecule has 0 spiro atoms. The predicted octanol–water partition coefficient (Wildman–Crippen LogP) is 4.05. The third-order valence-corrected chi connectivity index (χ3v) is 3.98. The maximum absolute atomic E-state index is 12.0. The normalized spacial score (nSPS) is 13.2. The number of hydrogen-bond donors (Lipinski definition) is 0. The Hall–Kier alpha value is -2.61. The molecule has 1 aromatic heterocycles. The van der Waals surface area contributed by atoms with E-state index < -0.39 is 0 Å². The molecule has 0 saturated heterocycles. The van der Waals surface area contributed by atoms with Crippen LogP contribution in [-0.4, -0.2) is 10.4 Å². The molecule has 0 fully saturated rings. The maximum atomic E-state index is 12.0. The molecule has 2 aromatic carbocycles. The van der Waals surface area contributed by atoms with Gasteiger partial charge in [-0.2, -0.15) is 0 Å². The maximum Gasteiger partial charge on any atom is 0.186 e. The molecule has 0 radical (unpaired) electrons. The van der Waals surface area contributed by atoms with Crippen LogP contribution in [0.3, 0.4) is 0 Å². The lowest BCUT2D eigenvalue weighted by molar-refractivity contribution is 0.104. The second-order valence-electron chi connectivity index (χ2n) is 5.08. The Morgan fingerprint density at radius 2 is 1.70 bits per heavy atom. The van der Waals surface area contributed by atoms with Crippen molar-refractivity contribution in [2.75, 3.05) is 0 Å². The highest BCUT2D eigenvalue weighted by molar-refractivity contribution is 6.21. The van der Waals surface area contributed by atoms with Crippen molar-refractivity contribution in [3.8, 4) is 11.3 Å². The Labute approximate surface area is 117 Å². The number of carbonyl (C=O) groups is 1. The minimum absolute atomic E-state index is 0.0910. The number of carbonyl (C=O) groups excluding carboxylic acids is 1. The lowest BCUT2D eigenvalue weighted by Gasteiger charge is -2.07. The van der Waals surface area contributed by atoms with Gasteiger partial charge in [-0.1, -0.05) is 42.5 Å². The second kappa shape index (κ2) is 3.94. The average molecular weight is 259 g/mol. The van der Waals surface area contributed by atoms with Gasteiger partial charge in [0.25, 0.3) is 0 Å². The van der Waals surface area contributed by atoms with Crippen LogP contribution >= 0.6 is 0 Å². The summed E-state index contributed by atoms with van der Waals surface area (Å²) >= 11 is 0. The quantitative estimate of drug-likeness (QED) is 0.646. The van der Waals surface area contributed by atoms with Crippen molar-refractivity contribution in [3.05, 3.63) is 65.7 Å². The van der Waals surface area contributed by atoms with Crippen LogP contribution in [0.1, 0.15) is 15.9 Å². The van der Waals surface area contributed by atoms with Gasteiger partial charge in [0.1, 0.15) is 0 Å². The molecule has 2 heteroatoms. The van der Waals surface area contributed by atoms with Crippen molar-refractivity contribution in [1.82, 2.24) is 4.57 Å². The highest BCUT2D eigenvalue weighted by Crippen LogP contribution is 2.38. The molecule has 4 rings (SSSR count). The number of allylic oxidation sites excluding steroid dienone is 1. The van der Waals surface area contributed by atoms with Crippen LogP contribution in [0.2, 0.25) is 0 Å². The number of aromatic nitrogens is 1. The van der Waals surface area contributed by atoms with Gasteiger partial charge in [-0.3, -0.25) is 4.79 Å².